The van der Waals surface area contributed by atoms with Gasteiger partial charge < -0.3 is 10.2 Å². The molecule has 6 nitrogen and oxygen atoms in total. The van der Waals surface area contributed by atoms with Crippen molar-refractivity contribution in [2.75, 3.05) is 19.6 Å². The van der Waals surface area contributed by atoms with E-state index in [4.69, 9.17) is 0 Å². The number of nitrogens with zero attached hydrogens (tertiary/aromatic N) is 2. The fraction of sp³-hybridized carbons (Fsp3) is 0.318. The molecule has 2 aromatic heterocycles. The van der Waals surface area contributed by atoms with E-state index >= 15 is 0 Å². The Morgan fingerprint density at radius 1 is 1.28 bits per heavy atom. The number of aromatic nitrogens is 2. The third kappa shape index (κ3) is 3.96. The molecule has 2 N–H and O–H groups in total. The van der Waals surface area contributed by atoms with E-state index in [1.807, 2.05) is 19.1 Å². The van der Waals surface area contributed by atoms with Crippen molar-refractivity contribution in [3.8, 4) is 10.4 Å². The summed E-state index contributed by atoms with van der Waals surface area (Å²) in [5.74, 6) is -0.0950. The lowest BCUT2D eigenvalue weighted by Gasteiger charge is -2.28. The maximum Gasteiger partial charge on any atom is 0.271 e. The Hall–Kier alpha value is -2.93. The fourth-order valence-electron chi connectivity index (χ4n) is 4.02. The molecule has 0 unspecified atom stereocenters. The van der Waals surface area contributed by atoms with Crippen molar-refractivity contribution >= 4 is 23.2 Å². The molecular formula is C22H24N4O2S. The van der Waals surface area contributed by atoms with Crippen LogP contribution in [0.1, 0.15) is 29.4 Å². The van der Waals surface area contributed by atoms with Gasteiger partial charge in [-0.2, -0.15) is 5.10 Å². The van der Waals surface area contributed by atoms with Gasteiger partial charge in [-0.1, -0.05) is 30.3 Å². The van der Waals surface area contributed by atoms with E-state index in [1.54, 1.807) is 28.5 Å². The number of nitrogens with one attached hydrogen (secondary N) is 2. The van der Waals surface area contributed by atoms with E-state index in [0.29, 0.717) is 38.2 Å². The molecule has 150 valence electrons. The Kier molecular flexibility index (Phi) is 5.49. The van der Waals surface area contributed by atoms with Crippen LogP contribution in [0.5, 0.6) is 0 Å². The molecule has 0 radical (unpaired) electrons. The number of carbonyl (C=O) groups excluding carboxylic acids is 2. The van der Waals surface area contributed by atoms with Gasteiger partial charge in [0, 0.05) is 30.7 Å². The highest BCUT2D eigenvalue weighted by Gasteiger charge is 2.46. The lowest BCUT2D eigenvalue weighted by molar-refractivity contribution is -0.130. The molecule has 1 saturated heterocycles. The summed E-state index contributed by atoms with van der Waals surface area (Å²) >= 11 is 1.70. The minimum absolute atomic E-state index is 0.0152. The minimum Gasteiger partial charge on any atom is -0.356 e. The number of benzene rings is 1. The third-order valence-corrected chi connectivity index (χ3v) is 6.39. The van der Waals surface area contributed by atoms with E-state index in [-0.39, 0.29) is 11.8 Å². The quantitative estimate of drug-likeness (QED) is 0.657. The number of carbonyl (C=O) groups is 2. The van der Waals surface area contributed by atoms with Crippen molar-refractivity contribution in [2.45, 2.75) is 19.8 Å². The van der Waals surface area contributed by atoms with E-state index in [1.165, 1.54) is 4.88 Å². The first-order valence-corrected chi connectivity index (χ1v) is 10.7. The highest BCUT2D eigenvalue weighted by atomic mass is 32.1. The maximum atomic E-state index is 13.1. The van der Waals surface area contributed by atoms with Crippen molar-refractivity contribution in [3.63, 3.8) is 0 Å². The van der Waals surface area contributed by atoms with Crippen LogP contribution in [0.3, 0.4) is 0 Å². The highest BCUT2D eigenvalue weighted by molar-refractivity contribution is 7.13. The summed E-state index contributed by atoms with van der Waals surface area (Å²) in [7, 11) is 0. The summed E-state index contributed by atoms with van der Waals surface area (Å²) in [6.45, 7) is 3.45. The molecule has 0 bridgehead atoms. The lowest BCUT2D eigenvalue weighted by atomic mass is 9.79. The normalized spacial score (nSPS) is 18.7. The second-order valence-corrected chi connectivity index (χ2v) is 8.39. The molecule has 7 heteroatoms. The van der Waals surface area contributed by atoms with E-state index in [0.717, 1.165) is 11.1 Å². The molecule has 1 fully saturated rings. The summed E-state index contributed by atoms with van der Waals surface area (Å²) in [6.07, 6.45) is 2.81. The largest absolute Gasteiger partial charge is 0.356 e. The predicted octanol–water partition coefficient (Wildman–Crippen LogP) is 3.35. The summed E-state index contributed by atoms with van der Waals surface area (Å²) in [6, 6.07) is 14.2. The SMILES string of the molecule is CCNC(=O)[C@@]1(Cc2cccc(-c3cccs3)c2)CCN(C(=O)c2ccn[nH]2)C1. The molecule has 1 aliphatic heterocycles. The van der Waals surface area contributed by atoms with Gasteiger partial charge in [-0.15, -0.1) is 11.3 Å². The molecule has 2 amide bonds. The van der Waals surface area contributed by atoms with Gasteiger partial charge in [0.2, 0.25) is 5.91 Å². The average molecular weight is 409 g/mol. The van der Waals surface area contributed by atoms with Gasteiger partial charge in [-0.3, -0.25) is 14.7 Å². The molecule has 0 spiro atoms. The first-order chi connectivity index (χ1) is 14.1. The lowest BCUT2D eigenvalue weighted by Crippen LogP contribution is -2.45. The summed E-state index contributed by atoms with van der Waals surface area (Å²) in [5, 5.41) is 11.6. The van der Waals surface area contributed by atoms with Crippen molar-refractivity contribution in [1.82, 2.24) is 20.4 Å². The van der Waals surface area contributed by atoms with Crippen molar-refractivity contribution < 1.29 is 9.59 Å². The van der Waals surface area contributed by atoms with Crippen molar-refractivity contribution in [3.05, 3.63) is 65.3 Å². The van der Waals surface area contributed by atoms with Crippen LogP contribution in [-0.2, 0) is 11.2 Å². The number of H-pyrrole nitrogens is 1. The van der Waals surface area contributed by atoms with Gasteiger partial charge in [0.05, 0.1) is 5.41 Å². The second-order valence-electron chi connectivity index (χ2n) is 7.44. The number of hydrogen-bond acceptors (Lipinski definition) is 4. The molecule has 0 saturated carbocycles. The molecule has 4 rings (SSSR count). The molecule has 1 aromatic carbocycles. The molecule has 1 atom stereocenters. The maximum absolute atomic E-state index is 13.1. The van der Waals surface area contributed by atoms with Gasteiger partial charge in [-0.25, -0.2) is 0 Å². The zero-order chi connectivity index (χ0) is 20.3. The van der Waals surface area contributed by atoms with E-state index in [9.17, 15) is 9.59 Å². The van der Waals surface area contributed by atoms with Crippen LogP contribution in [0.4, 0.5) is 0 Å². The second kappa shape index (κ2) is 8.21. The van der Waals surface area contributed by atoms with Crippen LogP contribution in [0.25, 0.3) is 10.4 Å². The molecule has 3 aromatic rings. The monoisotopic (exact) mass is 408 g/mol. The van der Waals surface area contributed by atoms with Gasteiger partial charge in [0.1, 0.15) is 5.69 Å². The molecule has 1 aliphatic rings. The number of thiophene rings is 1. The average Bonchev–Trinajstić information content (AvgIpc) is 3.49. The Labute approximate surface area is 173 Å². The number of hydrogen-bond donors (Lipinski definition) is 2. The Morgan fingerprint density at radius 3 is 2.90 bits per heavy atom. The van der Waals surface area contributed by atoms with Crippen LogP contribution >= 0.6 is 11.3 Å². The van der Waals surface area contributed by atoms with E-state index < -0.39 is 5.41 Å². The standard InChI is InChI=1S/C22H24N4O2S/c1-2-23-21(28)22(9-11-26(15-22)20(27)18-8-10-24-25-18)14-16-5-3-6-17(13-16)19-7-4-12-29-19/h3-8,10,12-13H,2,9,11,14-15H2,1H3,(H,23,28)(H,24,25)/t22-/m1/s1. The van der Waals surface area contributed by atoms with Crippen LogP contribution in [0.2, 0.25) is 0 Å². The summed E-state index contributed by atoms with van der Waals surface area (Å²) in [5.41, 5.74) is 2.10. The summed E-state index contributed by atoms with van der Waals surface area (Å²) in [4.78, 5) is 28.8. The van der Waals surface area contributed by atoms with Gasteiger partial charge in [0.15, 0.2) is 0 Å². The predicted molar refractivity (Wildman–Crippen MR) is 114 cm³/mol. The topological polar surface area (TPSA) is 78.1 Å². The van der Waals surface area contributed by atoms with Crippen LogP contribution in [-0.4, -0.2) is 46.5 Å². The first-order valence-electron chi connectivity index (χ1n) is 9.81. The Bertz CT molecular complexity index is 984. The number of rotatable bonds is 6. The zero-order valence-corrected chi connectivity index (χ0v) is 17.2. The molecular weight excluding hydrogens is 384 g/mol. The highest BCUT2D eigenvalue weighted by Crippen LogP contribution is 2.36. The van der Waals surface area contributed by atoms with Crippen molar-refractivity contribution in [1.29, 1.82) is 0 Å². The van der Waals surface area contributed by atoms with Crippen LogP contribution < -0.4 is 5.32 Å². The molecule has 29 heavy (non-hydrogen) atoms. The zero-order valence-electron chi connectivity index (χ0n) is 16.4. The Balaban J connectivity index is 1.59. The number of likely N-dealkylation sites (tertiary alicyclic amines) is 1. The Morgan fingerprint density at radius 2 is 2.17 bits per heavy atom. The molecule has 0 aliphatic carbocycles. The van der Waals surface area contributed by atoms with Crippen LogP contribution in [0, 0.1) is 5.41 Å². The van der Waals surface area contributed by atoms with Gasteiger partial charge >= 0.3 is 0 Å². The summed E-state index contributed by atoms with van der Waals surface area (Å²) < 4.78 is 0. The van der Waals surface area contributed by atoms with Gasteiger partial charge in [0.25, 0.3) is 5.91 Å². The molecule has 3 heterocycles. The number of amides is 2. The van der Waals surface area contributed by atoms with E-state index in [2.05, 4.69) is 45.2 Å². The van der Waals surface area contributed by atoms with Crippen molar-refractivity contribution in [2.24, 2.45) is 5.41 Å². The fourth-order valence-corrected chi connectivity index (χ4v) is 4.74. The smallest absolute Gasteiger partial charge is 0.271 e. The first kappa shape index (κ1) is 19.4. The third-order valence-electron chi connectivity index (χ3n) is 5.47. The van der Waals surface area contributed by atoms with Crippen LogP contribution in [0.15, 0.2) is 54.0 Å². The minimum atomic E-state index is -0.625. The van der Waals surface area contributed by atoms with Gasteiger partial charge in [-0.05, 0) is 48.4 Å². The number of aromatic amines is 1.